The van der Waals surface area contributed by atoms with Crippen LogP contribution in [0, 0.1) is 0 Å². The number of rotatable bonds is 4. The highest BCUT2D eigenvalue weighted by molar-refractivity contribution is 6.16. The van der Waals surface area contributed by atoms with E-state index in [0.29, 0.717) is 28.0 Å². The third-order valence-corrected chi connectivity index (χ3v) is 7.05. The summed E-state index contributed by atoms with van der Waals surface area (Å²) in [4.78, 5) is 9.54. The van der Waals surface area contributed by atoms with E-state index in [1.54, 1.807) is 18.3 Å². The molecule has 186 valence electrons. The molecule has 0 aliphatic heterocycles. The van der Waals surface area contributed by atoms with E-state index in [4.69, 9.17) is 4.98 Å². The Morgan fingerprint density at radius 1 is 0.615 bits per heavy atom. The first kappa shape index (κ1) is 22.8. The Kier molecular flexibility index (Phi) is 5.34. The summed E-state index contributed by atoms with van der Waals surface area (Å²) in [5, 5.41) is 25.2. The minimum absolute atomic E-state index is 0.166. The molecule has 2 aromatic heterocycles. The number of aliphatic imine (C=N–C) groups is 1. The molecule has 0 atom stereocenters. The van der Waals surface area contributed by atoms with Crippen LogP contribution >= 0.6 is 0 Å². The molecule has 0 amide bonds. The van der Waals surface area contributed by atoms with Crippen molar-refractivity contribution in [3.8, 4) is 28.4 Å². The van der Waals surface area contributed by atoms with Crippen molar-refractivity contribution in [2.75, 3.05) is 0 Å². The predicted octanol–water partition coefficient (Wildman–Crippen LogP) is 8.16. The summed E-state index contributed by atoms with van der Waals surface area (Å²) < 4.78 is 2.21. The first-order chi connectivity index (χ1) is 19.2. The average Bonchev–Trinajstić information content (AvgIpc) is 3.31. The first-order valence-corrected chi connectivity index (χ1v) is 12.7. The van der Waals surface area contributed by atoms with Crippen molar-refractivity contribution in [3.05, 3.63) is 127 Å². The molecular weight excluding hydrogens is 482 g/mol. The van der Waals surface area contributed by atoms with E-state index in [9.17, 15) is 10.2 Å². The number of pyridine rings is 1. The van der Waals surface area contributed by atoms with Crippen LogP contribution in [-0.2, 0) is 0 Å². The van der Waals surface area contributed by atoms with E-state index in [1.807, 2.05) is 84.9 Å². The molecule has 0 fully saturated rings. The lowest BCUT2D eigenvalue weighted by atomic mass is 10.0. The lowest BCUT2D eigenvalue weighted by molar-refractivity contribution is 0.478. The maximum Gasteiger partial charge on any atom is 0.125 e. The second-order valence-corrected chi connectivity index (χ2v) is 9.40. The van der Waals surface area contributed by atoms with Gasteiger partial charge in [0.15, 0.2) is 0 Å². The van der Waals surface area contributed by atoms with E-state index < -0.39 is 0 Å². The lowest BCUT2D eigenvalue weighted by Gasteiger charge is -2.10. The number of fused-ring (bicyclic) bond motifs is 4. The minimum Gasteiger partial charge on any atom is -0.507 e. The van der Waals surface area contributed by atoms with Crippen molar-refractivity contribution in [3.63, 3.8) is 0 Å². The van der Waals surface area contributed by atoms with Crippen LogP contribution in [0.4, 0.5) is 5.69 Å². The summed E-state index contributed by atoms with van der Waals surface area (Å²) in [6.07, 6.45) is 1.69. The van der Waals surface area contributed by atoms with Crippen LogP contribution in [-0.4, -0.2) is 26.0 Å². The van der Waals surface area contributed by atoms with E-state index in [2.05, 4.69) is 33.8 Å². The normalized spacial score (nSPS) is 11.7. The van der Waals surface area contributed by atoms with Crippen LogP contribution in [0.25, 0.3) is 49.5 Å². The molecule has 0 saturated carbocycles. The Morgan fingerprint density at radius 3 is 2.26 bits per heavy atom. The monoisotopic (exact) mass is 505 g/mol. The van der Waals surface area contributed by atoms with Crippen molar-refractivity contribution in [2.45, 2.75) is 0 Å². The molecule has 39 heavy (non-hydrogen) atoms. The number of phenolic OH excluding ortho intramolecular Hbond substituents is 2. The maximum absolute atomic E-state index is 11.1. The summed E-state index contributed by atoms with van der Waals surface area (Å²) >= 11 is 0. The van der Waals surface area contributed by atoms with Crippen molar-refractivity contribution in [2.24, 2.45) is 4.99 Å². The zero-order valence-corrected chi connectivity index (χ0v) is 20.9. The summed E-state index contributed by atoms with van der Waals surface area (Å²) in [5.74, 6) is 0.354. The summed E-state index contributed by atoms with van der Waals surface area (Å²) in [6.45, 7) is 0. The second kappa shape index (κ2) is 9.15. The summed E-state index contributed by atoms with van der Waals surface area (Å²) in [6, 6.07) is 39.0. The Morgan fingerprint density at radius 2 is 1.38 bits per heavy atom. The molecule has 7 aromatic rings. The molecule has 0 radical (unpaired) electrons. The van der Waals surface area contributed by atoms with Crippen LogP contribution in [0.2, 0.25) is 0 Å². The van der Waals surface area contributed by atoms with Crippen LogP contribution in [0.3, 0.4) is 0 Å². The number of phenols is 2. The Balaban J connectivity index is 1.40. The fraction of sp³-hybridized carbons (Fsp3) is 0. The molecule has 0 spiro atoms. The fourth-order valence-electron chi connectivity index (χ4n) is 5.37. The molecule has 2 N–H and O–H groups in total. The van der Waals surface area contributed by atoms with Gasteiger partial charge < -0.3 is 14.8 Å². The van der Waals surface area contributed by atoms with Crippen molar-refractivity contribution in [1.82, 2.24) is 9.55 Å². The lowest BCUT2D eigenvalue weighted by Crippen LogP contribution is -1.94. The number of benzene rings is 5. The van der Waals surface area contributed by atoms with Gasteiger partial charge in [-0.2, -0.15) is 0 Å². The fourth-order valence-corrected chi connectivity index (χ4v) is 5.37. The van der Waals surface area contributed by atoms with Crippen LogP contribution < -0.4 is 0 Å². The van der Waals surface area contributed by atoms with E-state index in [0.717, 1.165) is 32.9 Å². The quantitative estimate of drug-likeness (QED) is 0.237. The maximum atomic E-state index is 11.1. The smallest absolute Gasteiger partial charge is 0.125 e. The molecule has 5 nitrogen and oxygen atoms in total. The number of hydrogen-bond donors (Lipinski definition) is 2. The number of aromatic nitrogens is 2. The highest BCUT2D eigenvalue weighted by Crippen LogP contribution is 2.42. The van der Waals surface area contributed by atoms with Gasteiger partial charge in [0.05, 0.1) is 39.9 Å². The second-order valence-electron chi connectivity index (χ2n) is 9.40. The van der Waals surface area contributed by atoms with Gasteiger partial charge in [0, 0.05) is 21.8 Å². The van der Waals surface area contributed by atoms with Crippen LogP contribution in [0.5, 0.6) is 11.5 Å². The summed E-state index contributed by atoms with van der Waals surface area (Å²) in [5.41, 5.74) is 5.72. The van der Waals surface area contributed by atoms with Crippen molar-refractivity contribution < 1.29 is 10.2 Å². The molecule has 7 rings (SSSR count). The first-order valence-electron chi connectivity index (χ1n) is 12.7. The largest absolute Gasteiger partial charge is 0.507 e. The van der Waals surface area contributed by atoms with Gasteiger partial charge in [-0.3, -0.25) is 4.99 Å². The standard InChI is InChI=1S/C34H23N3O2/c38-30-18-7-10-22-9-6-15-26(32(22)30)35-21-23-11-8-16-27(36-23)34-31(39)20-19-29-33(34)25-14-4-5-17-28(25)37(29)24-12-2-1-3-13-24/h1-21,38-39H. The van der Waals surface area contributed by atoms with Gasteiger partial charge in [0.1, 0.15) is 11.5 Å². The third kappa shape index (κ3) is 3.80. The number of para-hydroxylation sites is 2. The van der Waals surface area contributed by atoms with Gasteiger partial charge in [-0.25, -0.2) is 4.98 Å². The van der Waals surface area contributed by atoms with E-state index >= 15 is 0 Å². The zero-order valence-electron chi connectivity index (χ0n) is 20.9. The van der Waals surface area contributed by atoms with E-state index in [1.165, 1.54) is 0 Å². The highest BCUT2D eigenvalue weighted by Gasteiger charge is 2.19. The van der Waals surface area contributed by atoms with Gasteiger partial charge in [0.25, 0.3) is 0 Å². The van der Waals surface area contributed by atoms with Crippen molar-refractivity contribution >= 4 is 44.5 Å². The number of aromatic hydroxyl groups is 2. The van der Waals surface area contributed by atoms with Gasteiger partial charge in [-0.1, -0.05) is 66.7 Å². The van der Waals surface area contributed by atoms with Gasteiger partial charge in [-0.05, 0) is 60.0 Å². The molecule has 5 heteroatoms. The summed E-state index contributed by atoms with van der Waals surface area (Å²) in [7, 11) is 0. The molecule has 2 heterocycles. The Bertz CT molecular complexity index is 2040. The molecule has 0 aliphatic carbocycles. The highest BCUT2D eigenvalue weighted by atomic mass is 16.3. The van der Waals surface area contributed by atoms with E-state index in [-0.39, 0.29) is 11.5 Å². The Hall–Kier alpha value is -5.42. The zero-order chi connectivity index (χ0) is 26.3. The minimum atomic E-state index is 0.166. The molecule has 0 unspecified atom stereocenters. The molecule has 5 aromatic carbocycles. The van der Waals surface area contributed by atoms with Crippen molar-refractivity contribution in [1.29, 1.82) is 0 Å². The molecule has 0 bridgehead atoms. The average molecular weight is 506 g/mol. The third-order valence-electron chi connectivity index (χ3n) is 7.05. The number of hydrogen-bond acceptors (Lipinski definition) is 4. The molecule has 0 saturated heterocycles. The predicted molar refractivity (Wildman–Crippen MR) is 159 cm³/mol. The van der Waals surface area contributed by atoms with Crippen LogP contribution in [0.1, 0.15) is 5.69 Å². The topological polar surface area (TPSA) is 70.6 Å². The SMILES string of the molecule is Oc1ccc2c(c1-c1cccc(C=Nc3cccc4cccc(O)c34)n1)c1ccccc1n2-c1ccccc1. The Labute approximate surface area is 224 Å². The van der Waals surface area contributed by atoms with Gasteiger partial charge in [0.2, 0.25) is 0 Å². The molecular formula is C34H23N3O2. The van der Waals surface area contributed by atoms with Crippen LogP contribution in [0.15, 0.2) is 126 Å². The van der Waals surface area contributed by atoms with Gasteiger partial charge >= 0.3 is 0 Å². The molecule has 0 aliphatic rings. The van der Waals surface area contributed by atoms with Gasteiger partial charge in [-0.15, -0.1) is 0 Å². The number of nitrogens with zero attached hydrogens (tertiary/aromatic N) is 3.